The minimum absolute atomic E-state index is 0.0683. The third-order valence-electron chi connectivity index (χ3n) is 1.81. The van der Waals surface area contributed by atoms with Crippen molar-refractivity contribution in [3.05, 3.63) is 35.4 Å². The number of carboxylic acid groups (broad SMARTS) is 1. The van der Waals surface area contributed by atoms with Gasteiger partial charge in [0, 0.05) is 11.1 Å². The molecule has 0 fully saturated rings. The molecule has 0 saturated carbocycles. The van der Waals surface area contributed by atoms with Gasteiger partial charge in [-0.3, -0.25) is 0 Å². The minimum atomic E-state index is -1.02. The second-order valence-corrected chi connectivity index (χ2v) is 3.23. The second-order valence-electron chi connectivity index (χ2n) is 3.23. The number of aliphatic hydroxyl groups is 1. The van der Waals surface area contributed by atoms with E-state index >= 15 is 0 Å². The lowest BCUT2D eigenvalue weighted by Gasteiger charge is -1.93. The smallest absolute Gasteiger partial charge is 0.329 e. The molecule has 4 heteroatoms. The largest absolute Gasteiger partial charge is 0.480 e. The fourth-order valence-electron chi connectivity index (χ4n) is 1.14. The van der Waals surface area contributed by atoms with Crippen LogP contribution in [0.25, 0.3) is 0 Å². The maximum Gasteiger partial charge on any atom is 0.329 e. The first-order chi connectivity index (χ1) is 8.72. The normalized spacial score (nSPS) is 8.72. The fraction of sp³-hybridized carbons (Fsp3) is 0.214. The van der Waals surface area contributed by atoms with Crippen molar-refractivity contribution in [2.24, 2.45) is 0 Å². The Morgan fingerprint density at radius 1 is 1.22 bits per heavy atom. The highest BCUT2D eigenvalue weighted by atomic mass is 16.5. The number of ether oxygens (including phenoxy) is 1. The van der Waals surface area contributed by atoms with E-state index in [1.54, 1.807) is 6.07 Å². The van der Waals surface area contributed by atoms with E-state index in [0.29, 0.717) is 0 Å². The molecule has 92 valence electrons. The van der Waals surface area contributed by atoms with Gasteiger partial charge in [0.25, 0.3) is 0 Å². The third-order valence-corrected chi connectivity index (χ3v) is 1.81. The van der Waals surface area contributed by atoms with E-state index < -0.39 is 5.97 Å². The molecule has 4 nitrogen and oxygen atoms in total. The Morgan fingerprint density at radius 3 is 2.50 bits per heavy atom. The highest BCUT2D eigenvalue weighted by molar-refractivity contribution is 5.68. The molecule has 0 aromatic heterocycles. The Balaban J connectivity index is 2.57. The van der Waals surface area contributed by atoms with Crippen LogP contribution >= 0.6 is 0 Å². The van der Waals surface area contributed by atoms with Gasteiger partial charge in [-0.1, -0.05) is 29.7 Å². The standard InChI is InChI=1S/C14H12O4/c15-8-2-6-12-4-1-5-13(10-12)7-3-9-18-11-14(16)17/h1,4-5,10,15H,8-9,11H2,(H,16,17). The van der Waals surface area contributed by atoms with E-state index in [9.17, 15) is 4.79 Å². The summed E-state index contributed by atoms with van der Waals surface area (Å²) in [5.74, 6) is 9.85. The number of carboxylic acids is 1. The van der Waals surface area contributed by atoms with Crippen LogP contribution in [-0.4, -0.2) is 36.0 Å². The van der Waals surface area contributed by atoms with Crippen LogP contribution in [0.15, 0.2) is 24.3 Å². The Labute approximate surface area is 105 Å². The van der Waals surface area contributed by atoms with Crippen molar-refractivity contribution in [2.45, 2.75) is 0 Å². The third kappa shape index (κ3) is 5.72. The summed E-state index contributed by atoms with van der Waals surface area (Å²) in [6, 6.07) is 7.22. The number of benzene rings is 1. The Hall–Kier alpha value is -2.27. The fourth-order valence-corrected chi connectivity index (χ4v) is 1.14. The van der Waals surface area contributed by atoms with Gasteiger partial charge in [-0.25, -0.2) is 4.79 Å². The maximum atomic E-state index is 10.2. The molecular formula is C14H12O4. The summed E-state index contributed by atoms with van der Waals surface area (Å²) in [6.45, 7) is -0.464. The van der Waals surface area contributed by atoms with Gasteiger partial charge in [0.1, 0.15) is 19.8 Å². The highest BCUT2D eigenvalue weighted by Crippen LogP contribution is 2.02. The van der Waals surface area contributed by atoms with Crippen molar-refractivity contribution in [3.8, 4) is 23.7 Å². The number of hydrogen-bond donors (Lipinski definition) is 2. The molecule has 18 heavy (non-hydrogen) atoms. The van der Waals surface area contributed by atoms with Crippen molar-refractivity contribution < 1.29 is 19.7 Å². The topological polar surface area (TPSA) is 66.8 Å². The maximum absolute atomic E-state index is 10.2. The molecule has 0 spiro atoms. The molecule has 0 amide bonds. The van der Waals surface area contributed by atoms with E-state index in [4.69, 9.17) is 14.9 Å². The van der Waals surface area contributed by atoms with E-state index in [1.165, 1.54) is 0 Å². The zero-order chi connectivity index (χ0) is 13.2. The molecule has 0 unspecified atom stereocenters. The lowest BCUT2D eigenvalue weighted by molar-refractivity contribution is -0.141. The van der Waals surface area contributed by atoms with Gasteiger partial charge < -0.3 is 14.9 Å². The molecule has 0 heterocycles. The Morgan fingerprint density at radius 2 is 1.89 bits per heavy atom. The lowest BCUT2D eigenvalue weighted by atomic mass is 10.1. The first-order valence-electron chi connectivity index (χ1n) is 5.20. The van der Waals surface area contributed by atoms with Crippen LogP contribution < -0.4 is 0 Å². The first kappa shape index (κ1) is 13.8. The Bertz CT molecular complexity index is 526. The average molecular weight is 244 g/mol. The first-order valence-corrected chi connectivity index (χ1v) is 5.20. The number of carbonyl (C=O) groups is 1. The van der Waals surface area contributed by atoms with Crippen LogP contribution in [0.2, 0.25) is 0 Å². The van der Waals surface area contributed by atoms with Gasteiger partial charge in [0.15, 0.2) is 0 Å². The summed E-state index contributed by atoms with van der Waals surface area (Å²) >= 11 is 0. The Kier molecular flexibility index (Phi) is 6.07. The zero-order valence-electron chi connectivity index (χ0n) is 9.64. The minimum Gasteiger partial charge on any atom is -0.480 e. The molecule has 0 aliphatic heterocycles. The summed E-state index contributed by atoms with van der Waals surface area (Å²) < 4.78 is 4.78. The number of aliphatic carboxylic acids is 1. The molecular weight excluding hydrogens is 232 g/mol. The number of hydrogen-bond acceptors (Lipinski definition) is 3. The van der Waals surface area contributed by atoms with Gasteiger partial charge in [-0.15, -0.1) is 0 Å². The van der Waals surface area contributed by atoms with Gasteiger partial charge in [0.2, 0.25) is 0 Å². The van der Waals surface area contributed by atoms with Crippen molar-refractivity contribution in [1.82, 2.24) is 0 Å². The summed E-state index contributed by atoms with van der Waals surface area (Å²) in [4.78, 5) is 10.2. The summed E-state index contributed by atoms with van der Waals surface area (Å²) in [6.07, 6.45) is 0. The van der Waals surface area contributed by atoms with Crippen LogP contribution in [0, 0.1) is 23.7 Å². The van der Waals surface area contributed by atoms with Crippen LogP contribution in [0.1, 0.15) is 11.1 Å². The molecule has 0 bridgehead atoms. The molecule has 0 saturated heterocycles. The molecule has 0 atom stereocenters. The predicted octanol–water partition coefficient (Wildman–Crippen LogP) is 0.483. The van der Waals surface area contributed by atoms with Crippen LogP contribution in [0.3, 0.4) is 0 Å². The van der Waals surface area contributed by atoms with Gasteiger partial charge in [0.05, 0.1) is 0 Å². The average Bonchev–Trinajstić information content (AvgIpc) is 2.36. The van der Waals surface area contributed by atoms with Crippen molar-refractivity contribution in [2.75, 3.05) is 19.8 Å². The van der Waals surface area contributed by atoms with Crippen molar-refractivity contribution >= 4 is 5.97 Å². The summed E-state index contributed by atoms with van der Waals surface area (Å²) in [5.41, 5.74) is 1.53. The monoisotopic (exact) mass is 244 g/mol. The van der Waals surface area contributed by atoms with Crippen LogP contribution in [0.4, 0.5) is 0 Å². The predicted molar refractivity (Wildman–Crippen MR) is 65.7 cm³/mol. The van der Waals surface area contributed by atoms with Gasteiger partial charge >= 0.3 is 5.97 Å². The number of rotatable bonds is 3. The lowest BCUT2D eigenvalue weighted by Crippen LogP contribution is -2.06. The van der Waals surface area contributed by atoms with Gasteiger partial charge in [-0.2, -0.15) is 0 Å². The molecule has 0 aliphatic rings. The summed E-state index contributed by atoms with van der Waals surface area (Å²) in [7, 11) is 0. The molecule has 2 N–H and O–H groups in total. The molecule has 1 aromatic carbocycles. The van der Waals surface area contributed by atoms with E-state index in [2.05, 4.69) is 23.7 Å². The zero-order valence-corrected chi connectivity index (χ0v) is 9.64. The highest BCUT2D eigenvalue weighted by Gasteiger charge is 1.93. The van der Waals surface area contributed by atoms with Crippen LogP contribution in [0.5, 0.6) is 0 Å². The number of aliphatic hydroxyl groups excluding tert-OH is 1. The quantitative estimate of drug-likeness (QED) is 0.599. The molecule has 1 aromatic rings. The van der Waals surface area contributed by atoms with E-state index in [0.717, 1.165) is 11.1 Å². The SMILES string of the molecule is O=C(O)COCC#Cc1cccc(C#CCO)c1. The van der Waals surface area contributed by atoms with Crippen molar-refractivity contribution in [1.29, 1.82) is 0 Å². The van der Waals surface area contributed by atoms with E-state index in [-0.39, 0.29) is 19.8 Å². The van der Waals surface area contributed by atoms with E-state index in [1.807, 2.05) is 18.2 Å². The summed E-state index contributed by atoms with van der Waals surface area (Å²) in [5, 5.41) is 16.9. The molecule has 1 rings (SSSR count). The van der Waals surface area contributed by atoms with Crippen LogP contribution in [-0.2, 0) is 9.53 Å². The molecule has 0 aliphatic carbocycles. The van der Waals surface area contributed by atoms with Gasteiger partial charge in [-0.05, 0) is 18.2 Å². The van der Waals surface area contributed by atoms with Crippen molar-refractivity contribution in [3.63, 3.8) is 0 Å². The molecule has 0 radical (unpaired) electrons. The second kappa shape index (κ2) is 7.92.